The summed E-state index contributed by atoms with van der Waals surface area (Å²) in [7, 11) is 0. The summed E-state index contributed by atoms with van der Waals surface area (Å²) in [6.07, 6.45) is -1.27. The number of carbonyl (C=O) groups is 1. The SMILES string of the molecule is Cc1cc2c(cc1N(CC(F)(F)F)C1N=CC(C(=O)O)=CN1)C(C)(C)CCC2(C)C. The monoisotopic (exact) mass is 423 g/mol. The fourth-order valence-corrected chi connectivity index (χ4v) is 4.20. The van der Waals surface area contributed by atoms with E-state index in [-0.39, 0.29) is 16.4 Å². The van der Waals surface area contributed by atoms with Crippen LogP contribution in [0.4, 0.5) is 18.9 Å². The number of aliphatic carboxylic acids is 1. The maximum Gasteiger partial charge on any atom is 0.406 e. The molecule has 0 bridgehead atoms. The number of aliphatic imine (C=N–C) groups is 1. The summed E-state index contributed by atoms with van der Waals surface area (Å²) in [5.74, 6) is -1.19. The van der Waals surface area contributed by atoms with E-state index in [0.717, 1.165) is 35.1 Å². The molecule has 1 aliphatic carbocycles. The van der Waals surface area contributed by atoms with Crippen molar-refractivity contribution in [2.45, 2.75) is 70.8 Å². The second-order valence-electron chi connectivity index (χ2n) is 9.42. The van der Waals surface area contributed by atoms with Crippen LogP contribution in [0.2, 0.25) is 0 Å². The summed E-state index contributed by atoms with van der Waals surface area (Å²) in [5.41, 5.74) is 3.07. The number of rotatable bonds is 4. The number of nitrogens with zero attached hydrogens (tertiary/aromatic N) is 2. The lowest BCUT2D eigenvalue weighted by Crippen LogP contribution is -2.49. The van der Waals surface area contributed by atoms with Crippen molar-refractivity contribution in [3.63, 3.8) is 0 Å². The number of hydrogen-bond acceptors (Lipinski definition) is 4. The van der Waals surface area contributed by atoms with E-state index in [1.807, 2.05) is 19.1 Å². The quantitative estimate of drug-likeness (QED) is 0.741. The van der Waals surface area contributed by atoms with Crippen LogP contribution in [0.25, 0.3) is 0 Å². The Morgan fingerprint density at radius 1 is 1.20 bits per heavy atom. The Bertz CT molecular complexity index is 917. The molecule has 0 amide bonds. The Morgan fingerprint density at radius 3 is 2.23 bits per heavy atom. The third kappa shape index (κ3) is 4.32. The van der Waals surface area contributed by atoms with Crippen LogP contribution in [0.3, 0.4) is 0 Å². The Balaban J connectivity index is 2.09. The van der Waals surface area contributed by atoms with Crippen LogP contribution >= 0.6 is 0 Å². The van der Waals surface area contributed by atoms with E-state index in [4.69, 9.17) is 5.11 Å². The molecule has 1 aromatic carbocycles. The molecule has 30 heavy (non-hydrogen) atoms. The maximum atomic E-state index is 13.5. The number of halogens is 3. The van der Waals surface area contributed by atoms with Gasteiger partial charge < -0.3 is 15.3 Å². The molecule has 0 radical (unpaired) electrons. The molecule has 0 saturated carbocycles. The van der Waals surface area contributed by atoms with Gasteiger partial charge in [-0.25, -0.2) is 9.79 Å². The molecule has 1 aromatic rings. The third-order valence-electron chi connectivity index (χ3n) is 6.11. The molecule has 5 nitrogen and oxygen atoms in total. The van der Waals surface area contributed by atoms with E-state index in [0.29, 0.717) is 5.69 Å². The van der Waals surface area contributed by atoms with Crippen molar-refractivity contribution in [2.24, 2.45) is 4.99 Å². The second kappa shape index (κ2) is 7.32. The van der Waals surface area contributed by atoms with Crippen LogP contribution in [-0.4, -0.2) is 36.3 Å². The van der Waals surface area contributed by atoms with Gasteiger partial charge in [0.1, 0.15) is 6.54 Å². The normalized spacial score (nSPS) is 22.0. The molecule has 0 fully saturated rings. The second-order valence-corrected chi connectivity index (χ2v) is 9.42. The summed E-state index contributed by atoms with van der Waals surface area (Å²) in [5, 5.41) is 11.8. The van der Waals surface area contributed by atoms with Crippen molar-refractivity contribution in [1.29, 1.82) is 0 Å². The average Bonchev–Trinajstić information content (AvgIpc) is 2.63. The number of alkyl halides is 3. The van der Waals surface area contributed by atoms with Crippen molar-refractivity contribution in [1.82, 2.24) is 5.32 Å². The lowest BCUT2D eigenvalue weighted by Gasteiger charge is -2.43. The summed E-state index contributed by atoms with van der Waals surface area (Å²) in [6.45, 7) is 9.17. The highest BCUT2D eigenvalue weighted by atomic mass is 19.4. The van der Waals surface area contributed by atoms with Crippen molar-refractivity contribution in [2.75, 3.05) is 11.4 Å². The van der Waals surface area contributed by atoms with E-state index in [9.17, 15) is 18.0 Å². The minimum absolute atomic E-state index is 0.0522. The van der Waals surface area contributed by atoms with Gasteiger partial charge in [-0.2, -0.15) is 13.2 Å². The summed E-state index contributed by atoms with van der Waals surface area (Å²) < 4.78 is 40.4. The summed E-state index contributed by atoms with van der Waals surface area (Å²) in [4.78, 5) is 16.3. The zero-order chi connectivity index (χ0) is 22.5. The first kappa shape index (κ1) is 22.2. The largest absolute Gasteiger partial charge is 0.478 e. The van der Waals surface area contributed by atoms with Gasteiger partial charge in [0.05, 0.1) is 5.57 Å². The average molecular weight is 423 g/mol. The number of anilines is 1. The van der Waals surface area contributed by atoms with Gasteiger partial charge in [-0.1, -0.05) is 33.8 Å². The zero-order valence-corrected chi connectivity index (χ0v) is 17.9. The number of hydrogen-bond donors (Lipinski definition) is 2. The molecule has 1 unspecified atom stereocenters. The Morgan fingerprint density at radius 2 is 1.77 bits per heavy atom. The van der Waals surface area contributed by atoms with Crippen LogP contribution in [0.15, 0.2) is 28.9 Å². The van der Waals surface area contributed by atoms with Crippen LogP contribution in [-0.2, 0) is 15.6 Å². The highest BCUT2D eigenvalue weighted by molar-refractivity contribution is 6.08. The third-order valence-corrected chi connectivity index (χ3v) is 6.11. The van der Waals surface area contributed by atoms with E-state index in [2.05, 4.69) is 38.0 Å². The van der Waals surface area contributed by atoms with Crippen LogP contribution < -0.4 is 10.2 Å². The van der Waals surface area contributed by atoms with Gasteiger partial charge in [0.25, 0.3) is 0 Å². The van der Waals surface area contributed by atoms with E-state index in [1.165, 1.54) is 11.8 Å². The first-order valence-corrected chi connectivity index (χ1v) is 9.93. The minimum Gasteiger partial charge on any atom is -0.478 e. The van der Waals surface area contributed by atoms with Gasteiger partial charge in [0, 0.05) is 18.1 Å². The molecule has 2 N–H and O–H groups in total. The molecular formula is C22H28F3N3O2. The Hall–Kier alpha value is -2.51. The van der Waals surface area contributed by atoms with Crippen LogP contribution in [0, 0.1) is 6.92 Å². The van der Waals surface area contributed by atoms with Crippen LogP contribution in [0.5, 0.6) is 0 Å². The molecule has 0 saturated heterocycles. The van der Waals surface area contributed by atoms with Gasteiger partial charge in [-0.3, -0.25) is 0 Å². The number of fused-ring (bicyclic) bond motifs is 1. The van der Waals surface area contributed by atoms with Gasteiger partial charge >= 0.3 is 12.1 Å². The Labute approximate surface area is 174 Å². The topological polar surface area (TPSA) is 64.9 Å². The summed E-state index contributed by atoms with van der Waals surface area (Å²) >= 11 is 0. The zero-order valence-electron chi connectivity index (χ0n) is 17.9. The van der Waals surface area contributed by atoms with Gasteiger partial charge in [-0.05, 0) is 53.4 Å². The number of benzene rings is 1. The molecule has 1 aliphatic heterocycles. The molecule has 2 aliphatic rings. The van der Waals surface area contributed by atoms with Crippen molar-refractivity contribution in [3.8, 4) is 0 Å². The predicted molar refractivity (Wildman–Crippen MR) is 111 cm³/mol. The standard InChI is InChI=1S/C22H28F3N3O2/c1-13-8-15-16(21(4,5)7-6-20(15,2)3)9-17(13)28(12-22(23,24)25)19-26-10-14(11-27-19)18(29)30/h8-11,19,26H,6-7,12H2,1-5H3,(H,29,30). The van der Waals surface area contributed by atoms with Crippen molar-refractivity contribution >= 4 is 17.9 Å². The fraction of sp³-hybridized carbons (Fsp3) is 0.545. The van der Waals surface area contributed by atoms with Crippen molar-refractivity contribution < 1.29 is 23.1 Å². The fourth-order valence-electron chi connectivity index (χ4n) is 4.20. The van der Waals surface area contributed by atoms with Gasteiger partial charge in [0.15, 0.2) is 6.29 Å². The summed E-state index contributed by atoms with van der Waals surface area (Å²) in [6, 6.07) is 3.87. The van der Waals surface area contributed by atoms with E-state index in [1.54, 1.807) is 0 Å². The smallest absolute Gasteiger partial charge is 0.406 e. The minimum atomic E-state index is -4.45. The molecule has 0 spiro atoms. The van der Waals surface area contributed by atoms with Crippen LogP contribution in [0.1, 0.15) is 57.2 Å². The molecule has 1 atom stereocenters. The van der Waals surface area contributed by atoms with Crippen molar-refractivity contribution in [3.05, 3.63) is 40.6 Å². The predicted octanol–water partition coefficient (Wildman–Crippen LogP) is 4.64. The molecule has 8 heteroatoms. The first-order chi connectivity index (χ1) is 13.7. The Kier molecular flexibility index (Phi) is 5.41. The van der Waals surface area contributed by atoms with E-state index >= 15 is 0 Å². The molecule has 164 valence electrons. The molecule has 1 heterocycles. The molecule has 3 rings (SSSR count). The van der Waals surface area contributed by atoms with E-state index < -0.39 is 25.0 Å². The first-order valence-electron chi connectivity index (χ1n) is 9.93. The number of carboxylic acids is 1. The lowest BCUT2D eigenvalue weighted by atomic mass is 9.63. The number of aryl methyl sites for hydroxylation is 1. The van der Waals surface area contributed by atoms with Gasteiger partial charge in [-0.15, -0.1) is 0 Å². The maximum absolute atomic E-state index is 13.5. The highest BCUT2D eigenvalue weighted by Gasteiger charge is 2.40. The molecular weight excluding hydrogens is 395 g/mol. The number of carboxylic acid groups (broad SMARTS) is 1. The lowest BCUT2D eigenvalue weighted by molar-refractivity contribution is -0.132. The number of nitrogens with one attached hydrogen (secondary N) is 1. The molecule has 0 aromatic heterocycles. The van der Waals surface area contributed by atoms with Gasteiger partial charge in [0.2, 0.25) is 0 Å². The highest BCUT2D eigenvalue weighted by Crippen LogP contribution is 2.48.